The fourth-order valence-corrected chi connectivity index (χ4v) is 0.341. The number of nitrogens with two attached hydrogens (primary N) is 1. The smallest absolute Gasteiger partial charge is 0.0662 e. The van der Waals surface area contributed by atoms with Crippen molar-refractivity contribution in [3.8, 4) is 0 Å². The second kappa shape index (κ2) is 5.35. The molecule has 0 aliphatic carbocycles. The molecule has 0 rings (SSSR count). The molecule has 0 spiro atoms. The van der Waals surface area contributed by atoms with E-state index in [-0.39, 0.29) is 24.6 Å². The van der Waals surface area contributed by atoms with Gasteiger partial charge in [0, 0.05) is 6.04 Å². The largest absolute Gasteiger partial charge is 0.392 e. The van der Waals surface area contributed by atoms with Crippen molar-refractivity contribution in [3.63, 3.8) is 0 Å². The van der Waals surface area contributed by atoms with Crippen molar-refractivity contribution in [2.45, 2.75) is 32.4 Å². The molecule has 0 bridgehead atoms. The van der Waals surface area contributed by atoms with Crippen LogP contribution in [0.5, 0.6) is 0 Å². The van der Waals surface area contributed by atoms with E-state index in [2.05, 4.69) is 0 Å². The molecule has 0 aromatic rings. The van der Waals surface area contributed by atoms with E-state index < -0.39 is 0 Å². The molecule has 0 heterocycles. The molecular formula is C5H14ClNO. The molecule has 0 saturated heterocycles. The highest BCUT2D eigenvalue weighted by atomic mass is 35.5. The summed E-state index contributed by atoms with van der Waals surface area (Å²) in [6.45, 7) is 3.66. The molecule has 0 aliphatic rings. The monoisotopic (exact) mass is 139 g/mol. The van der Waals surface area contributed by atoms with Crippen LogP contribution in [0.2, 0.25) is 0 Å². The summed E-state index contributed by atoms with van der Waals surface area (Å²) in [5, 5.41) is 8.70. The maximum atomic E-state index is 8.70. The molecule has 0 aromatic carbocycles. The third-order valence-corrected chi connectivity index (χ3v) is 1.09. The van der Waals surface area contributed by atoms with Gasteiger partial charge in [-0.15, -0.1) is 12.4 Å². The second-order valence-electron chi connectivity index (χ2n) is 1.81. The van der Waals surface area contributed by atoms with Crippen LogP contribution in [0.15, 0.2) is 0 Å². The number of hydrogen-bond acceptors (Lipinski definition) is 2. The predicted molar refractivity (Wildman–Crippen MR) is 37.2 cm³/mol. The standard InChI is InChI=1S/C5H13NO.ClH/c1-3-5(6)4(2)7;/h4-5,7H,3,6H2,1-2H3;1H/t4-,5+;/m0./s1. The summed E-state index contributed by atoms with van der Waals surface area (Å²) in [6, 6.07) is -0.0417. The number of rotatable bonds is 2. The van der Waals surface area contributed by atoms with Gasteiger partial charge in [0.2, 0.25) is 0 Å². The van der Waals surface area contributed by atoms with E-state index in [1.54, 1.807) is 6.92 Å². The molecule has 0 aromatic heterocycles. The summed E-state index contributed by atoms with van der Waals surface area (Å²) in [6.07, 6.45) is 0.488. The first kappa shape index (κ1) is 11.1. The normalized spacial score (nSPS) is 16.5. The van der Waals surface area contributed by atoms with Crippen molar-refractivity contribution in [3.05, 3.63) is 0 Å². The Kier molecular flexibility index (Phi) is 7.40. The van der Waals surface area contributed by atoms with Crippen LogP contribution in [0.1, 0.15) is 20.3 Å². The van der Waals surface area contributed by atoms with Crippen LogP contribution in [0, 0.1) is 0 Å². The highest BCUT2D eigenvalue weighted by Gasteiger charge is 2.03. The Hall–Kier alpha value is 0.210. The van der Waals surface area contributed by atoms with E-state index >= 15 is 0 Å². The van der Waals surface area contributed by atoms with Crippen molar-refractivity contribution in [2.75, 3.05) is 0 Å². The molecular weight excluding hydrogens is 126 g/mol. The SMILES string of the molecule is CC[C@@H](N)[C@H](C)O.Cl. The van der Waals surface area contributed by atoms with Gasteiger partial charge in [0.1, 0.15) is 0 Å². The zero-order valence-electron chi connectivity index (χ0n) is 5.29. The Bertz CT molecular complexity index is 49.7. The fourth-order valence-electron chi connectivity index (χ4n) is 0.341. The predicted octanol–water partition coefficient (Wildman–Crippen LogP) is 0.526. The van der Waals surface area contributed by atoms with E-state index in [0.717, 1.165) is 6.42 Å². The van der Waals surface area contributed by atoms with E-state index in [1.165, 1.54) is 0 Å². The lowest BCUT2D eigenvalue weighted by atomic mass is 10.1. The number of halogens is 1. The van der Waals surface area contributed by atoms with Crippen LogP contribution in [0.4, 0.5) is 0 Å². The van der Waals surface area contributed by atoms with E-state index in [1.807, 2.05) is 6.92 Å². The average Bonchev–Trinajstić information content (AvgIpc) is 1.65. The van der Waals surface area contributed by atoms with Crippen LogP contribution in [0.25, 0.3) is 0 Å². The van der Waals surface area contributed by atoms with Crippen LogP contribution in [-0.2, 0) is 0 Å². The second-order valence-corrected chi connectivity index (χ2v) is 1.81. The molecule has 8 heavy (non-hydrogen) atoms. The average molecular weight is 140 g/mol. The minimum atomic E-state index is -0.356. The quantitative estimate of drug-likeness (QED) is 0.586. The molecule has 0 unspecified atom stereocenters. The summed E-state index contributed by atoms with van der Waals surface area (Å²) >= 11 is 0. The third kappa shape index (κ3) is 4.37. The molecule has 0 saturated carbocycles. The van der Waals surface area contributed by atoms with Gasteiger partial charge in [-0.25, -0.2) is 0 Å². The number of hydrogen-bond donors (Lipinski definition) is 2. The van der Waals surface area contributed by atoms with Crippen molar-refractivity contribution >= 4 is 12.4 Å². The molecule has 0 fully saturated rings. The van der Waals surface area contributed by atoms with Gasteiger partial charge in [0.15, 0.2) is 0 Å². The first-order valence-corrected chi connectivity index (χ1v) is 2.62. The highest BCUT2D eigenvalue weighted by Crippen LogP contribution is 1.91. The molecule has 3 heteroatoms. The van der Waals surface area contributed by atoms with Gasteiger partial charge >= 0.3 is 0 Å². The Morgan fingerprint density at radius 2 is 2.00 bits per heavy atom. The summed E-state index contributed by atoms with van der Waals surface area (Å²) in [5.41, 5.74) is 5.37. The summed E-state index contributed by atoms with van der Waals surface area (Å²) in [5.74, 6) is 0. The molecule has 2 nitrogen and oxygen atoms in total. The molecule has 52 valence electrons. The van der Waals surface area contributed by atoms with Gasteiger partial charge in [-0.3, -0.25) is 0 Å². The lowest BCUT2D eigenvalue weighted by molar-refractivity contribution is 0.161. The number of aliphatic hydroxyl groups is 1. The molecule has 2 atom stereocenters. The summed E-state index contributed by atoms with van der Waals surface area (Å²) in [4.78, 5) is 0. The van der Waals surface area contributed by atoms with E-state index in [0.29, 0.717) is 0 Å². The molecule has 0 radical (unpaired) electrons. The van der Waals surface area contributed by atoms with Gasteiger partial charge in [0.05, 0.1) is 6.10 Å². The van der Waals surface area contributed by atoms with Gasteiger partial charge in [-0.05, 0) is 13.3 Å². The summed E-state index contributed by atoms with van der Waals surface area (Å²) < 4.78 is 0. The Balaban J connectivity index is 0. The molecule has 3 N–H and O–H groups in total. The van der Waals surface area contributed by atoms with Crippen LogP contribution >= 0.6 is 12.4 Å². The number of aliphatic hydroxyl groups excluding tert-OH is 1. The lowest BCUT2D eigenvalue weighted by Gasteiger charge is -2.09. The third-order valence-electron chi connectivity index (χ3n) is 1.09. The van der Waals surface area contributed by atoms with Crippen LogP contribution in [-0.4, -0.2) is 17.3 Å². The van der Waals surface area contributed by atoms with Crippen molar-refractivity contribution in [1.82, 2.24) is 0 Å². The molecule has 0 amide bonds. The first-order valence-electron chi connectivity index (χ1n) is 2.62. The van der Waals surface area contributed by atoms with Gasteiger partial charge in [0.25, 0.3) is 0 Å². The van der Waals surface area contributed by atoms with Crippen molar-refractivity contribution < 1.29 is 5.11 Å². The molecule has 0 aliphatic heterocycles. The Labute approximate surface area is 56.5 Å². The van der Waals surface area contributed by atoms with Crippen LogP contribution < -0.4 is 5.73 Å². The van der Waals surface area contributed by atoms with E-state index in [4.69, 9.17) is 10.8 Å². The van der Waals surface area contributed by atoms with Crippen molar-refractivity contribution in [1.29, 1.82) is 0 Å². The Morgan fingerprint density at radius 1 is 1.62 bits per heavy atom. The topological polar surface area (TPSA) is 46.2 Å². The lowest BCUT2D eigenvalue weighted by Crippen LogP contribution is -2.31. The first-order chi connectivity index (χ1) is 3.18. The van der Waals surface area contributed by atoms with Gasteiger partial charge < -0.3 is 10.8 Å². The zero-order chi connectivity index (χ0) is 5.86. The zero-order valence-corrected chi connectivity index (χ0v) is 6.11. The minimum absolute atomic E-state index is 0. The fraction of sp³-hybridized carbons (Fsp3) is 1.00. The van der Waals surface area contributed by atoms with Crippen molar-refractivity contribution in [2.24, 2.45) is 5.73 Å². The van der Waals surface area contributed by atoms with Gasteiger partial charge in [-0.2, -0.15) is 0 Å². The maximum absolute atomic E-state index is 8.70. The Morgan fingerprint density at radius 3 is 2.00 bits per heavy atom. The minimum Gasteiger partial charge on any atom is -0.392 e. The highest BCUT2D eigenvalue weighted by molar-refractivity contribution is 5.85. The summed E-state index contributed by atoms with van der Waals surface area (Å²) in [7, 11) is 0. The van der Waals surface area contributed by atoms with Crippen LogP contribution in [0.3, 0.4) is 0 Å². The maximum Gasteiger partial charge on any atom is 0.0662 e. The van der Waals surface area contributed by atoms with Gasteiger partial charge in [-0.1, -0.05) is 6.92 Å². The van der Waals surface area contributed by atoms with E-state index in [9.17, 15) is 0 Å².